The quantitative estimate of drug-likeness (QED) is 0.561. The minimum Gasteiger partial charge on any atom is -0.316 e. The van der Waals surface area contributed by atoms with Gasteiger partial charge in [0.25, 0.3) is 0 Å². The van der Waals surface area contributed by atoms with Crippen LogP contribution >= 0.6 is 11.6 Å². The van der Waals surface area contributed by atoms with E-state index in [1.807, 2.05) is 12.1 Å². The van der Waals surface area contributed by atoms with Crippen molar-refractivity contribution in [2.24, 2.45) is 11.8 Å². The van der Waals surface area contributed by atoms with E-state index >= 15 is 0 Å². The van der Waals surface area contributed by atoms with Crippen LogP contribution in [0.15, 0.2) is 18.2 Å². The third-order valence-corrected chi connectivity index (χ3v) is 4.96. The predicted molar refractivity (Wildman–Crippen MR) is 88.3 cm³/mol. The SMILES string of the molecule is CCCNCC1CCCCCC1Cc1cccc(Cl)c1F. The van der Waals surface area contributed by atoms with Gasteiger partial charge in [0, 0.05) is 0 Å². The summed E-state index contributed by atoms with van der Waals surface area (Å²) in [5, 5.41) is 3.81. The molecule has 0 amide bonds. The van der Waals surface area contributed by atoms with Gasteiger partial charge < -0.3 is 5.32 Å². The minimum atomic E-state index is -0.219. The van der Waals surface area contributed by atoms with Crippen LogP contribution in [0.4, 0.5) is 4.39 Å². The Morgan fingerprint density at radius 3 is 2.71 bits per heavy atom. The van der Waals surface area contributed by atoms with Gasteiger partial charge in [-0.2, -0.15) is 0 Å². The number of benzene rings is 1. The van der Waals surface area contributed by atoms with Gasteiger partial charge in [-0.3, -0.25) is 0 Å². The molecule has 0 aliphatic heterocycles. The van der Waals surface area contributed by atoms with Crippen molar-refractivity contribution in [3.63, 3.8) is 0 Å². The second-order valence-electron chi connectivity index (χ2n) is 6.28. The molecule has 1 aliphatic carbocycles. The van der Waals surface area contributed by atoms with E-state index in [0.717, 1.165) is 25.1 Å². The molecule has 0 spiro atoms. The maximum absolute atomic E-state index is 14.1. The highest BCUT2D eigenvalue weighted by Crippen LogP contribution is 2.32. The maximum Gasteiger partial charge on any atom is 0.144 e. The summed E-state index contributed by atoms with van der Waals surface area (Å²) >= 11 is 5.92. The molecular formula is C18H27ClFN. The van der Waals surface area contributed by atoms with E-state index in [4.69, 9.17) is 11.6 Å². The van der Waals surface area contributed by atoms with Crippen LogP contribution in [0, 0.1) is 17.7 Å². The first kappa shape index (κ1) is 16.8. The first-order valence-electron chi connectivity index (χ1n) is 8.36. The highest BCUT2D eigenvalue weighted by atomic mass is 35.5. The number of hydrogen-bond donors (Lipinski definition) is 1. The maximum atomic E-state index is 14.1. The van der Waals surface area contributed by atoms with Crippen LogP contribution in [0.1, 0.15) is 51.0 Å². The lowest BCUT2D eigenvalue weighted by atomic mass is 9.83. The van der Waals surface area contributed by atoms with Crippen LogP contribution in [-0.4, -0.2) is 13.1 Å². The molecule has 0 bridgehead atoms. The van der Waals surface area contributed by atoms with Crippen molar-refractivity contribution in [2.45, 2.75) is 51.9 Å². The minimum absolute atomic E-state index is 0.219. The summed E-state index contributed by atoms with van der Waals surface area (Å²) in [5.41, 5.74) is 0.787. The van der Waals surface area contributed by atoms with Gasteiger partial charge in [-0.25, -0.2) is 4.39 Å². The van der Waals surface area contributed by atoms with Gasteiger partial charge in [0.05, 0.1) is 5.02 Å². The molecule has 1 N–H and O–H groups in total. The van der Waals surface area contributed by atoms with Crippen molar-refractivity contribution in [3.8, 4) is 0 Å². The molecule has 21 heavy (non-hydrogen) atoms. The Bertz CT molecular complexity index is 435. The van der Waals surface area contributed by atoms with Gasteiger partial charge in [-0.1, -0.05) is 49.9 Å². The molecule has 1 aromatic carbocycles. The lowest BCUT2D eigenvalue weighted by molar-refractivity contribution is 0.295. The van der Waals surface area contributed by atoms with Crippen LogP contribution in [0.3, 0.4) is 0 Å². The van der Waals surface area contributed by atoms with E-state index in [0.29, 0.717) is 11.8 Å². The smallest absolute Gasteiger partial charge is 0.144 e. The molecule has 118 valence electrons. The van der Waals surface area contributed by atoms with Crippen LogP contribution in [-0.2, 0) is 6.42 Å². The third-order valence-electron chi connectivity index (χ3n) is 4.66. The molecule has 1 aliphatic rings. The summed E-state index contributed by atoms with van der Waals surface area (Å²) in [7, 11) is 0. The molecule has 1 fully saturated rings. The zero-order valence-corrected chi connectivity index (χ0v) is 13.8. The zero-order chi connectivity index (χ0) is 15.1. The predicted octanol–water partition coefficient (Wildman–Crippen LogP) is 5.22. The fraction of sp³-hybridized carbons (Fsp3) is 0.667. The second-order valence-corrected chi connectivity index (χ2v) is 6.69. The highest BCUT2D eigenvalue weighted by molar-refractivity contribution is 6.30. The van der Waals surface area contributed by atoms with E-state index in [1.54, 1.807) is 6.07 Å². The van der Waals surface area contributed by atoms with Gasteiger partial charge in [0.1, 0.15) is 5.82 Å². The Kier molecular flexibility index (Phi) is 6.98. The highest BCUT2D eigenvalue weighted by Gasteiger charge is 2.24. The monoisotopic (exact) mass is 311 g/mol. The van der Waals surface area contributed by atoms with Crippen molar-refractivity contribution >= 4 is 11.6 Å². The summed E-state index contributed by atoms with van der Waals surface area (Å²) in [6.07, 6.45) is 8.38. The fourth-order valence-electron chi connectivity index (χ4n) is 3.45. The Balaban J connectivity index is 2.03. The van der Waals surface area contributed by atoms with Gasteiger partial charge in [0.15, 0.2) is 0 Å². The topological polar surface area (TPSA) is 12.0 Å². The van der Waals surface area contributed by atoms with Crippen molar-refractivity contribution < 1.29 is 4.39 Å². The lowest BCUT2D eigenvalue weighted by Crippen LogP contribution is -2.29. The van der Waals surface area contributed by atoms with Gasteiger partial charge >= 0.3 is 0 Å². The Morgan fingerprint density at radius 2 is 1.95 bits per heavy atom. The van der Waals surface area contributed by atoms with Crippen LogP contribution in [0.2, 0.25) is 5.02 Å². The first-order chi connectivity index (χ1) is 10.2. The molecule has 1 aromatic rings. The molecule has 0 radical (unpaired) electrons. The Morgan fingerprint density at radius 1 is 1.19 bits per heavy atom. The van der Waals surface area contributed by atoms with Crippen LogP contribution in [0.25, 0.3) is 0 Å². The van der Waals surface area contributed by atoms with E-state index in [2.05, 4.69) is 12.2 Å². The van der Waals surface area contributed by atoms with Crippen molar-refractivity contribution in [2.75, 3.05) is 13.1 Å². The molecule has 1 nitrogen and oxygen atoms in total. The summed E-state index contributed by atoms with van der Waals surface area (Å²) in [6.45, 7) is 4.34. The van der Waals surface area contributed by atoms with Crippen molar-refractivity contribution in [1.29, 1.82) is 0 Å². The normalized spacial score (nSPS) is 23.0. The molecular weight excluding hydrogens is 285 g/mol. The average molecular weight is 312 g/mol. The third kappa shape index (κ3) is 4.96. The van der Waals surface area contributed by atoms with E-state index < -0.39 is 0 Å². The van der Waals surface area contributed by atoms with E-state index in [9.17, 15) is 4.39 Å². The van der Waals surface area contributed by atoms with Crippen molar-refractivity contribution in [3.05, 3.63) is 34.6 Å². The molecule has 1 saturated carbocycles. The van der Waals surface area contributed by atoms with E-state index in [1.165, 1.54) is 38.5 Å². The van der Waals surface area contributed by atoms with Gasteiger partial charge in [0.2, 0.25) is 0 Å². The lowest BCUT2D eigenvalue weighted by Gasteiger charge is -2.26. The number of hydrogen-bond acceptors (Lipinski definition) is 1. The molecule has 2 rings (SSSR count). The molecule has 0 saturated heterocycles. The summed E-state index contributed by atoms with van der Waals surface area (Å²) in [6, 6.07) is 5.39. The van der Waals surface area contributed by atoms with E-state index in [-0.39, 0.29) is 10.8 Å². The average Bonchev–Trinajstić information content (AvgIpc) is 2.70. The largest absolute Gasteiger partial charge is 0.316 e. The fourth-order valence-corrected chi connectivity index (χ4v) is 3.65. The standard InChI is InChI=1S/C18H27ClFN/c1-2-11-21-13-16-8-5-3-4-7-14(16)12-15-9-6-10-17(19)18(15)20/h6,9-10,14,16,21H,2-5,7-8,11-13H2,1H3. The number of nitrogens with one attached hydrogen (secondary N) is 1. The summed E-state index contributed by atoms with van der Waals surface area (Å²) in [4.78, 5) is 0. The van der Waals surface area contributed by atoms with Gasteiger partial charge in [-0.15, -0.1) is 0 Å². The number of rotatable bonds is 6. The van der Waals surface area contributed by atoms with Gasteiger partial charge in [-0.05, 0) is 62.2 Å². The first-order valence-corrected chi connectivity index (χ1v) is 8.73. The Hall–Kier alpha value is -0.600. The number of halogens is 2. The summed E-state index contributed by atoms with van der Waals surface area (Å²) < 4.78 is 14.1. The molecule has 0 heterocycles. The molecule has 3 heteroatoms. The molecule has 2 atom stereocenters. The second kappa shape index (κ2) is 8.75. The Labute approximate surface area is 133 Å². The van der Waals surface area contributed by atoms with Crippen molar-refractivity contribution in [1.82, 2.24) is 5.32 Å². The summed E-state index contributed by atoms with van der Waals surface area (Å²) in [5.74, 6) is 1.02. The molecule has 2 unspecified atom stereocenters. The zero-order valence-electron chi connectivity index (χ0n) is 13.0. The van der Waals surface area contributed by atoms with Crippen LogP contribution < -0.4 is 5.32 Å². The molecule has 0 aromatic heterocycles. The van der Waals surface area contributed by atoms with Crippen LogP contribution in [0.5, 0.6) is 0 Å².